The summed E-state index contributed by atoms with van der Waals surface area (Å²) in [7, 11) is 0. The summed E-state index contributed by atoms with van der Waals surface area (Å²) in [5.74, 6) is 1.57. The van der Waals surface area contributed by atoms with E-state index in [9.17, 15) is 0 Å². The Hall–Kier alpha value is -2.10. The molecule has 100 valence electrons. The van der Waals surface area contributed by atoms with E-state index < -0.39 is 0 Å². The first kappa shape index (κ1) is 13.3. The van der Waals surface area contributed by atoms with E-state index in [1.807, 2.05) is 24.4 Å². The van der Waals surface area contributed by atoms with Crippen molar-refractivity contribution in [2.75, 3.05) is 11.9 Å². The lowest BCUT2D eigenvalue weighted by Crippen LogP contribution is -2.06. The number of aryl methyl sites for hydroxylation is 1. The molecule has 0 saturated heterocycles. The van der Waals surface area contributed by atoms with Crippen LogP contribution in [0, 0.1) is 6.92 Å². The van der Waals surface area contributed by atoms with E-state index in [0.717, 1.165) is 23.6 Å². The minimum Gasteiger partial charge on any atom is -0.490 e. The van der Waals surface area contributed by atoms with Crippen molar-refractivity contribution in [1.29, 1.82) is 0 Å². The van der Waals surface area contributed by atoms with Gasteiger partial charge in [0.05, 0.1) is 6.61 Å². The van der Waals surface area contributed by atoms with E-state index in [-0.39, 0.29) is 0 Å². The molecule has 0 saturated carbocycles. The second-order valence-corrected chi connectivity index (χ2v) is 4.35. The van der Waals surface area contributed by atoms with Crippen LogP contribution in [0.5, 0.6) is 5.75 Å². The van der Waals surface area contributed by atoms with Gasteiger partial charge in [-0.3, -0.25) is 4.98 Å². The van der Waals surface area contributed by atoms with Crippen molar-refractivity contribution in [2.45, 2.75) is 26.8 Å². The number of nitrogens with one attached hydrogen (secondary N) is 1. The number of hydrogen-bond acceptors (Lipinski definition) is 4. The molecule has 2 rings (SSSR count). The topological polar surface area (TPSA) is 47.0 Å². The summed E-state index contributed by atoms with van der Waals surface area (Å²) in [4.78, 5) is 8.46. The first-order chi connectivity index (χ1) is 9.31. The molecule has 0 bridgehead atoms. The molecule has 2 aromatic heterocycles. The third kappa shape index (κ3) is 3.68. The van der Waals surface area contributed by atoms with Crippen LogP contribution in [0.25, 0.3) is 0 Å². The molecule has 2 aromatic rings. The lowest BCUT2D eigenvalue weighted by Gasteiger charge is -2.12. The molecule has 0 radical (unpaired) electrons. The van der Waals surface area contributed by atoms with Gasteiger partial charge in [0.15, 0.2) is 11.6 Å². The first-order valence-electron chi connectivity index (χ1n) is 6.52. The number of pyridine rings is 2. The van der Waals surface area contributed by atoms with Gasteiger partial charge in [-0.1, -0.05) is 6.92 Å². The fourth-order valence-electron chi connectivity index (χ4n) is 1.71. The third-order valence-corrected chi connectivity index (χ3v) is 2.83. The number of ether oxygens (including phenoxy) is 1. The highest BCUT2D eigenvalue weighted by Gasteiger charge is 2.05. The predicted octanol–water partition coefficient (Wildman–Crippen LogP) is 3.19. The zero-order chi connectivity index (χ0) is 13.5. The Bertz CT molecular complexity index is 528. The van der Waals surface area contributed by atoms with Gasteiger partial charge in [-0.25, -0.2) is 4.98 Å². The van der Waals surface area contributed by atoms with Gasteiger partial charge in [-0.15, -0.1) is 0 Å². The largest absolute Gasteiger partial charge is 0.490 e. The van der Waals surface area contributed by atoms with Crippen molar-refractivity contribution in [1.82, 2.24) is 9.97 Å². The van der Waals surface area contributed by atoms with Gasteiger partial charge in [0, 0.05) is 25.1 Å². The Labute approximate surface area is 113 Å². The molecule has 0 aliphatic heterocycles. The highest BCUT2D eigenvalue weighted by atomic mass is 16.5. The van der Waals surface area contributed by atoms with Crippen LogP contribution in [-0.4, -0.2) is 16.6 Å². The van der Waals surface area contributed by atoms with E-state index in [1.54, 1.807) is 12.4 Å². The number of anilines is 1. The lowest BCUT2D eigenvalue weighted by molar-refractivity contribution is 0.318. The second kappa shape index (κ2) is 6.73. The van der Waals surface area contributed by atoms with E-state index in [1.165, 1.54) is 5.56 Å². The van der Waals surface area contributed by atoms with Crippen molar-refractivity contribution in [3.05, 3.63) is 47.9 Å². The summed E-state index contributed by atoms with van der Waals surface area (Å²) < 4.78 is 5.66. The van der Waals surface area contributed by atoms with Gasteiger partial charge in [-0.2, -0.15) is 0 Å². The molecular weight excluding hydrogens is 238 g/mol. The van der Waals surface area contributed by atoms with Crippen LogP contribution in [0.1, 0.15) is 24.5 Å². The SMILES string of the molecule is CCCOc1cccnc1NCc1cnccc1C. The fraction of sp³-hybridized carbons (Fsp3) is 0.333. The monoisotopic (exact) mass is 257 g/mol. The Morgan fingerprint density at radius 2 is 2.16 bits per heavy atom. The van der Waals surface area contributed by atoms with Crippen LogP contribution >= 0.6 is 0 Å². The third-order valence-electron chi connectivity index (χ3n) is 2.83. The molecule has 0 amide bonds. The highest BCUT2D eigenvalue weighted by Crippen LogP contribution is 2.21. The minimum atomic E-state index is 0.694. The van der Waals surface area contributed by atoms with Crippen LogP contribution < -0.4 is 10.1 Å². The normalized spacial score (nSPS) is 10.2. The van der Waals surface area contributed by atoms with Crippen LogP contribution in [0.2, 0.25) is 0 Å². The van der Waals surface area contributed by atoms with Gasteiger partial charge in [0.2, 0.25) is 0 Å². The van der Waals surface area contributed by atoms with Gasteiger partial charge < -0.3 is 10.1 Å². The Morgan fingerprint density at radius 3 is 2.95 bits per heavy atom. The highest BCUT2D eigenvalue weighted by molar-refractivity contribution is 5.50. The molecule has 1 N–H and O–H groups in total. The maximum absolute atomic E-state index is 5.66. The number of rotatable bonds is 6. The van der Waals surface area contributed by atoms with E-state index in [4.69, 9.17) is 4.74 Å². The maximum Gasteiger partial charge on any atom is 0.169 e. The number of hydrogen-bond donors (Lipinski definition) is 1. The van der Waals surface area contributed by atoms with Crippen LogP contribution in [-0.2, 0) is 6.54 Å². The van der Waals surface area contributed by atoms with Crippen molar-refractivity contribution in [2.24, 2.45) is 0 Å². The summed E-state index contributed by atoms with van der Waals surface area (Å²) >= 11 is 0. The van der Waals surface area contributed by atoms with Crippen LogP contribution in [0.4, 0.5) is 5.82 Å². The summed E-state index contributed by atoms with van der Waals surface area (Å²) in [6.45, 7) is 5.56. The summed E-state index contributed by atoms with van der Waals surface area (Å²) in [5.41, 5.74) is 2.38. The predicted molar refractivity (Wildman–Crippen MR) is 76.3 cm³/mol. The second-order valence-electron chi connectivity index (χ2n) is 4.35. The molecule has 0 unspecified atom stereocenters. The Morgan fingerprint density at radius 1 is 1.26 bits per heavy atom. The lowest BCUT2D eigenvalue weighted by atomic mass is 10.1. The summed E-state index contributed by atoms with van der Waals surface area (Å²) in [6.07, 6.45) is 6.42. The molecule has 0 fully saturated rings. The quantitative estimate of drug-likeness (QED) is 0.863. The molecular formula is C15H19N3O. The van der Waals surface area contributed by atoms with Gasteiger partial charge >= 0.3 is 0 Å². The maximum atomic E-state index is 5.66. The zero-order valence-electron chi connectivity index (χ0n) is 11.4. The van der Waals surface area contributed by atoms with E-state index >= 15 is 0 Å². The fourth-order valence-corrected chi connectivity index (χ4v) is 1.71. The number of aromatic nitrogens is 2. The molecule has 2 heterocycles. The average Bonchev–Trinajstić information content (AvgIpc) is 2.45. The van der Waals surface area contributed by atoms with Gasteiger partial charge in [0.25, 0.3) is 0 Å². The van der Waals surface area contributed by atoms with E-state index in [0.29, 0.717) is 13.2 Å². The van der Waals surface area contributed by atoms with Crippen LogP contribution in [0.3, 0.4) is 0 Å². The molecule has 4 nitrogen and oxygen atoms in total. The number of nitrogens with zero attached hydrogens (tertiary/aromatic N) is 2. The summed E-state index contributed by atoms with van der Waals surface area (Å²) in [6, 6.07) is 5.82. The standard InChI is InChI=1S/C15H19N3O/c1-3-9-19-14-5-4-7-17-15(14)18-11-13-10-16-8-6-12(13)2/h4-8,10H,3,9,11H2,1-2H3,(H,17,18). The first-order valence-corrected chi connectivity index (χ1v) is 6.52. The smallest absolute Gasteiger partial charge is 0.169 e. The molecule has 0 spiro atoms. The van der Waals surface area contributed by atoms with E-state index in [2.05, 4.69) is 29.1 Å². The van der Waals surface area contributed by atoms with Crippen molar-refractivity contribution in [3.8, 4) is 5.75 Å². The van der Waals surface area contributed by atoms with Crippen molar-refractivity contribution >= 4 is 5.82 Å². The molecule has 4 heteroatoms. The zero-order valence-corrected chi connectivity index (χ0v) is 11.4. The Balaban J connectivity index is 2.05. The molecule has 0 atom stereocenters. The van der Waals surface area contributed by atoms with Crippen molar-refractivity contribution < 1.29 is 4.74 Å². The average molecular weight is 257 g/mol. The molecule has 0 aliphatic carbocycles. The van der Waals surface area contributed by atoms with Gasteiger partial charge in [-0.05, 0) is 42.7 Å². The van der Waals surface area contributed by atoms with Gasteiger partial charge in [0.1, 0.15) is 0 Å². The van der Waals surface area contributed by atoms with Crippen molar-refractivity contribution in [3.63, 3.8) is 0 Å². The minimum absolute atomic E-state index is 0.694. The molecule has 0 aliphatic rings. The molecule has 19 heavy (non-hydrogen) atoms. The Kier molecular flexibility index (Phi) is 4.72. The molecule has 0 aromatic carbocycles. The van der Waals surface area contributed by atoms with Crippen LogP contribution in [0.15, 0.2) is 36.8 Å². The summed E-state index contributed by atoms with van der Waals surface area (Å²) in [5, 5.41) is 3.30.